The maximum Gasteiger partial charge on any atom is 0.524 e. The van der Waals surface area contributed by atoms with E-state index in [1.54, 1.807) is 29.2 Å². The number of phosphoric ester groups is 1. The van der Waals surface area contributed by atoms with Crippen LogP contribution in [0.25, 0.3) is 0 Å². The average molecular weight is 677 g/mol. The third kappa shape index (κ3) is 15.6. The molecular weight excluding hydrogens is 627 g/mol. The molecule has 47 heavy (non-hydrogen) atoms. The fraction of sp³-hybridized carbons (Fsp3) is 0.515. The molecule has 3 amide bonds. The van der Waals surface area contributed by atoms with E-state index in [2.05, 4.69) is 29.0 Å². The number of hydrogen-bond donors (Lipinski definition) is 6. The number of hydrogen-bond acceptors (Lipinski definition) is 7. The lowest BCUT2D eigenvalue weighted by atomic mass is 10.0. The van der Waals surface area contributed by atoms with Crippen molar-refractivity contribution in [3.63, 3.8) is 0 Å². The lowest BCUT2D eigenvalue weighted by Crippen LogP contribution is -2.55. The summed E-state index contributed by atoms with van der Waals surface area (Å²) < 4.78 is 15.8. The first-order valence-corrected chi connectivity index (χ1v) is 17.6. The van der Waals surface area contributed by atoms with Gasteiger partial charge in [0.1, 0.15) is 17.8 Å². The van der Waals surface area contributed by atoms with E-state index in [1.807, 2.05) is 0 Å². The molecule has 2 atom stereocenters. The van der Waals surface area contributed by atoms with Crippen molar-refractivity contribution in [2.45, 2.75) is 96.7 Å². The molecule has 0 unspecified atom stereocenters. The number of nitrogens with two attached hydrogens (primary N) is 1. The van der Waals surface area contributed by atoms with Crippen LogP contribution in [0.4, 0.5) is 0 Å². The molecule has 7 N–H and O–H groups in total. The van der Waals surface area contributed by atoms with Crippen LogP contribution in [0.3, 0.4) is 0 Å². The SMILES string of the molecule is CCCCCN(CCCCC)C(=O)[C@H](CCC(=O)O)NC(=O)[C@H](Cc1ccc(OP(=O)(O)O)cc1)NC(=O)Cc1ccc(CN)cc1. The van der Waals surface area contributed by atoms with Crippen molar-refractivity contribution < 1.29 is 43.2 Å². The summed E-state index contributed by atoms with van der Waals surface area (Å²) in [6, 6.07) is 10.5. The van der Waals surface area contributed by atoms with Gasteiger partial charge in [-0.2, -0.15) is 0 Å². The minimum absolute atomic E-state index is 0.0313. The number of unbranched alkanes of at least 4 members (excludes halogenated alkanes) is 4. The Morgan fingerprint density at radius 3 is 1.89 bits per heavy atom. The molecule has 2 rings (SSSR count). The molecule has 0 saturated carbocycles. The van der Waals surface area contributed by atoms with E-state index in [-0.39, 0.29) is 37.3 Å². The number of carboxylic acid groups (broad SMARTS) is 1. The van der Waals surface area contributed by atoms with E-state index in [0.717, 1.165) is 44.1 Å². The molecule has 0 radical (unpaired) electrons. The fourth-order valence-corrected chi connectivity index (χ4v) is 5.34. The molecule has 0 spiro atoms. The normalized spacial score (nSPS) is 12.5. The van der Waals surface area contributed by atoms with Crippen molar-refractivity contribution in [3.8, 4) is 5.75 Å². The molecule has 0 bridgehead atoms. The van der Waals surface area contributed by atoms with E-state index in [0.29, 0.717) is 30.8 Å². The van der Waals surface area contributed by atoms with Gasteiger partial charge in [-0.25, -0.2) is 4.57 Å². The molecule has 0 heterocycles. The van der Waals surface area contributed by atoms with Crippen molar-refractivity contribution in [3.05, 3.63) is 65.2 Å². The molecule has 2 aromatic rings. The van der Waals surface area contributed by atoms with E-state index in [4.69, 9.17) is 15.5 Å². The Balaban J connectivity index is 2.32. The standard InChI is InChI=1S/C33H49N4O9P/c1-3-5-7-19-37(20-8-6-4-2)33(42)28(17-18-31(39)40)36-32(41)29(21-24-13-15-27(16-14-24)46-47(43,44)45)35-30(38)22-25-9-11-26(23-34)12-10-25/h9-16,28-29H,3-8,17-23,34H2,1-2H3,(H,35,38)(H,36,41)(H,39,40)(H2,43,44,45)/t28-,29-/m0/s1. The highest BCUT2D eigenvalue weighted by atomic mass is 31.2. The maximum absolute atomic E-state index is 13.8. The molecule has 0 aliphatic heterocycles. The molecular formula is C33H49N4O9P. The summed E-state index contributed by atoms with van der Waals surface area (Å²) in [6.07, 6.45) is 4.79. The molecule has 13 nitrogen and oxygen atoms in total. The van der Waals surface area contributed by atoms with Crippen LogP contribution < -0.4 is 20.9 Å². The number of rotatable bonds is 22. The van der Waals surface area contributed by atoms with Gasteiger partial charge in [0.05, 0.1) is 6.42 Å². The van der Waals surface area contributed by atoms with Gasteiger partial charge >= 0.3 is 13.8 Å². The highest BCUT2D eigenvalue weighted by Crippen LogP contribution is 2.37. The molecule has 0 aromatic heterocycles. The van der Waals surface area contributed by atoms with E-state index < -0.39 is 37.7 Å². The topological polar surface area (TPSA) is 209 Å². The highest BCUT2D eigenvalue weighted by molar-refractivity contribution is 7.46. The van der Waals surface area contributed by atoms with E-state index in [1.165, 1.54) is 24.3 Å². The zero-order chi connectivity index (χ0) is 34.8. The van der Waals surface area contributed by atoms with Crippen molar-refractivity contribution in [2.75, 3.05) is 13.1 Å². The minimum Gasteiger partial charge on any atom is -0.481 e. The third-order valence-corrected chi connectivity index (χ3v) is 7.95. The van der Waals surface area contributed by atoms with Crippen LogP contribution in [-0.4, -0.2) is 68.7 Å². The van der Waals surface area contributed by atoms with Crippen LogP contribution in [0.2, 0.25) is 0 Å². The zero-order valence-corrected chi connectivity index (χ0v) is 28.1. The molecule has 0 aliphatic carbocycles. The number of aliphatic carboxylic acids is 1. The molecule has 14 heteroatoms. The van der Waals surface area contributed by atoms with Crippen LogP contribution >= 0.6 is 7.82 Å². The molecule has 0 saturated heterocycles. The fourth-order valence-electron chi connectivity index (χ4n) is 4.95. The summed E-state index contributed by atoms with van der Waals surface area (Å²) in [7, 11) is -4.78. The maximum atomic E-state index is 13.8. The number of nitrogens with zero attached hydrogens (tertiary/aromatic N) is 1. The Morgan fingerprint density at radius 1 is 0.830 bits per heavy atom. The van der Waals surface area contributed by atoms with Gasteiger partial charge in [-0.15, -0.1) is 0 Å². The Morgan fingerprint density at radius 2 is 1.38 bits per heavy atom. The average Bonchev–Trinajstić information content (AvgIpc) is 3.02. The summed E-state index contributed by atoms with van der Waals surface area (Å²) in [5.74, 6) is -2.68. The second-order valence-electron chi connectivity index (χ2n) is 11.5. The Labute approximate surface area is 276 Å². The van der Waals surface area contributed by atoms with Crippen LogP contribution in [-0.2, 0) is 43.1 Å². The minimum atomic E-state index is -4.78. The number of carboxylic acids is 1. The van der Waals surface area contributed by atoms with Crippen molar-refractivity contribution >= 4 is 31.5 Å². The molecule has 0 fully saturated rings. The van der Waals surface area contributed by atoms with Gasteiger partial charge in [0, 0.05) is 32.5 Å². The number of benzene rings is 2. The summed E-state index contributed by atoms with van der Waals surface area (Å²) in [6.45, 7) is 5.44. The number of amides is 3. The Hall–Kier alpha value is -3.77. The molecule has 2 aromatic carbocycles. The smallest absolute Gasteiger partial charge is 0.481 e. The van der Waals surface area contributed by atoms with Gasteiger partial charge in [0.15, 0.2) is 0 Å². The van der Waals surface area contributed by atoms with Crippen LogP contribution in [0.1, 0.15) is 81.9 Å². The van der Waals surface area contributed by atoms with Crippen molar-refractivity contribution in [1.29, 1.82) is 0 Å². The summed E-state index contributed by atoms with van der Waals surface area (Å²) in [5, 5.41) is 14.9. The van der Waals surface area contributed by atoms with Gasteiger partial charge < -0.3 is 30.9 Å². The lowest BCUT2D eigenvalue weighted by Gasteiger charge is -2.29. The van der Waals surface area contributed by atoms with E-state index in [9.17, 15) is 28.8 Å². The lowest BCUT2D eigenvalue weighted by molar-refractivity contribution is -0.140. The van der Waals surface area contributed by atoms with Gasteiger partial charge in [-0.05, 0) is 48.1 Å². The molecule has 260 valence electrons. The quantitative estimate of drug-likeness (QED) is 0.0791. The first-order valence-electron chi connectivity index (χ1n) is 16.1. The third-order valence-electron chi connectivity index (χ3n) is 7.50. The van der Waals surface area contributed by atoms with Gasteiger partial charge in [-0.1, -0.05) is 75.9 Å². The van der Waals surface area contributed by atoms with Crippen LogP contribution in [0, 0.1) is 0 Å². The highest BCUT2D eigenvalue weighted by Gasteiger charge is 2.30. The van der Waals surface area contributed by atoms with Gasteiger partial charge in [0.25, 0.3) is 0 Å². The van der Waals surface area contributed by atoms with Crippen LogP contribution in [0.5, 0.6) is 5.75 Å². The number of phosphoric acid groups is 1. The van der Waals surface area contributed by atoms with Crippen molar-refractivity contribution in [2.24, 2.45) is 5.73 Å². The number of carbonyl (C=O) groups excluding carboxylic acids is 3. The first kappa shape index (κ1) is 39.4. The second-order valence-corrected chi connectivity index (χ2v) is 12.6. The second kappa shape index (κ2) is 20.5. The van der Waals surface area contributed by atoms with Crippen LogP contribution in [0.15, 0.2) is 48.5 Å². The predicted octanol–water partition coefficient (Wildman–Crippen LogP) is 3.45. The number of nitrogens with one attached hydrogen (secondary N) is 2. The predicted molar refractivity (Wildman–Crippen MR) is 177 cm³/mol. The van der Waals surface area contributed by atoms with Gasteiger partial charge in [-0.3, -0.25) is 29.0 Å². The monoisotopic (exact) mass is 676 g/mol. The Kier molecular flexibility index (Phi) is 17.2. The first-order chi connectivity index (χ1) is 22.3. The van der Waals surface area contributed by atoms with Crippen molar-refractivity contribution in [1.82, 2.24) is 15.5 Å². The Bertz CT molecular complexity index is 1320. The largest absolute Gasteiger partial charge is 0.524 e. The van der Waals surface area contributed by atoms with E-state index >= 15 is 0 Å². The summed E-state index contributed by atoms with van der Waals surface area (Å²) in [4.78, 5) is 72.1. The summed E-state index contributed by atoms with van der Waals surface area (Å²) in [5.41, 5.74) is 7.79. The summed E-state index contributed by atoms with van der Waals surface area (Å²) >= 11 is 0. The zero-order valence-electron chi connectivity index (χ0n) is 27.2. The van der Waals surface area contributed by atoms with Gasteiger partial charge in [0.2, 0.25) is 17.7 Å². The number of carbonyl (C=O) groups is 4. The molecule has 0 aliphatic rings.